The van der Waals surface area contributed by atoms with Crippen LogP contribution in [0.1, 0.15) is 45.7 Å². The van der Waals surface area contributed by atoms with Crippen molar-refractivity contribution in [2.24, 2.45) is 0 Å². The van der Waals surface area contributed by atoms with E-state index in [2.05, 4.69) is 0 Å². The van der Waals surface area contributed by atoms with Gasteiger partial charge in [0.05, 0.1) is 11.6 Å². The molecule has 4 rings (SSSR count). The fourth-order valence-corrected chi connectivity index (χ4v) is 3.21. The van der Waals surface area contributed by atoms with Crippen LogP contribution < -0.4 is 10.2 Å². The molecule has 0 bridgehead atoms. The number of hydrogen-bond donors (Lipinski definition) is 0. The zero-order valence-electron chi connectivity index (χ0n) is 24.1. The molecule has 9 heteroatoms. The Morgan fingerprint density at radius 2 is 0.860 bits per heavy atom. The standard InChI is InChI=1S/2C10H9O2.2C7H7ClO.Ti/c2*1-8(11)7-10(12)9-5-3-2-4-6-9;2*1-5-4-6(9)2-3-7(5)8;/h2*2-7H,1H3;2*2-4,9H,1H3;/q2*-1;;;/p-2. The first kappa shape index (κ1) is 39.2. The Morgan fingerprint density at radius 3 is 1.09 bits per heavy atom. The van der Waals surface area contributed by atoms with E-state index in [1.807, 2.05) is 26.0 Å². The van der Waals surface area contributed by atoms with Crippen molar-refractivity contribution in [2.75, 3.05) is 0 Å². The van der Waals surface area contributed by atoms with Crippen molar-refractivity contribution in [1.82, 2.24) is 0 Å². The summed E-state index contributed by atoms with van der Waals surface area (Å²) in [5, 5.41) is 22.5. The van der Waals surface area contributed by atoms with E-state index in [-0.39, 0.29) is 56.3 Å². The van der Waals surface area contributed by atoms with Gasteiger partial charge in [-0.15, -0.1) is 59.7 Å². The minimum absolute atomic E-state index is 0. The van der Waals surface area contributed by atoms with E-state index >= 15 is 0 Å². The van der Waals surface area contributed by atoms with Crippen LogP contribution in [0, 0.1) is 26.7 Å². The van der Waals surface area contributed by atoms with Crippen molar-refractivity contribution < 1.29 is 51.1 Å². The molecule has 0 unspecified atom stereocenters. The molecule has 4 aromatic carbocycles. The molecule has 224 valence electrons. The summed E-state index contributed by atoms with van der Waals surface area (Å²) in [5.74, 6) is -0.882. The number of ketones is 4. The molecule has 0 saturated heterocycles. The van der Waals surface area contributed by atoms with E-state index in [4.69, 9.17) is 23.2 Å². The summed E-state index contributed by atoms with van der Waals surface area (Å²) < 4.78 is 0. The molecule has 0 heterocycles. The van der Waals surface area contributed by atoms with Gasteiger partial charge in [-0.25, -0.2) is 0 Å². The largest absolute Gasteiger partial charge is 0.872 e. The topological polar surface area (TPSA) is 114 Å². The SMILES string of the molecule is CC(=O)[CH-]C(=O)c1ccccc1.CC(=O)[CH-]C(=O)c1ccccc1.Cc1cc([O-])ccc1Cl.Cc1cc([O-])ccc1Cl.[Ti]. The molecule has 0 aliphatic rings. The second kappa shape index (κ2) is 21.0. The number of rotatable bonds is 6. The zero-order chi connectivity index (χ0) is 31.7. The number of halogens is 2. The number of hydrogen-bond acceptors (Lipinski definition) is 6. The van der Waals surface area contributed by atoms with E-state index < -0.39 is 0 Å². The average Bonchev–Trinajstić information content (AvgIpc) is 2.94. The number of carbonyl (C=O) groups excluding carboxylic acids is 4. The molecule has 0 N–H and O–H groups in total. The number of carbonyl (C=O) groups is 4. The van der Waals surface area contributed by atoms with Crippen LogP contribution in [0.3, 0.4) is 0 Å². The molecule has 0 saturated carbocycles. The van der Waals surface area contributed by atoms with Gasteiger partial charge in [0, 0.05) is 43.3 Å². The monoisotopic (exact) mass is 652 g/mol. The van der Waals surface area contributed by atoms with Crippen molar-refractivity contribution in [1.29, 1.82) is 0 Å². The minimum atomic E-state index is -0.233. The molecule has 4 aromatic rings. The average molecular weight is 653 g/mol. The van der Waals surface area contributed by atoms with Crippen LogP contribution in [0.4, 0.5) is 0 Å². The van der Waals surface area contributed by atoms with Gasteiger partial charge >= 0.3 is 0 Å². The summed E-state index contributed by atoms with van der Waals surface area (Å²) >= 11 is 11.3. The molecule has 0 fully saturated rings. The van der Waals surface area contributed by atoms with Gasteiger partial charge in [-0.05, 0) is 51.0 Å². The fourth-order valence-electron chi connectivity index (χ4n) is 2.98. The second-order valence-electron chi connectivity index (χ2n) is 8.79. The van der Waals surface area contributed by atoms with Gasteiger partial charge in [-0.1, -0.05) is 83.9 Å². The van der Waals surface area contributed by atoms with Crippen molar-refractivity contribution in [3.8, 4) is 11.5 Å². The second-order valence-corrected chi connectivity index (χ2v) is 9.61. The molecule has 0 amide bonds. The van der Waals surface area contributed by atoms with Crippen LogP contribution in [-0.2, 0) is 31.3 Å². The maximum atomic E-state index is 11.2. The van der Waals surface area contributed by atoms with E-state index in [1.165, 1.54) is 38.1 Å². The zero-order valence-corrected chi connectivity index (χ0v) is 27.2. The van der Waals surface area contributed by atoms with E-state index in [0.29, 0.717) is 21.2 Å². The Labute approximate surface area is 277 Å². The summed E-state index contributed by atoms with van der Waals surface area (Å²) in [6, 6.07) is 26.6. The third-order valence-corrected chi connectivity index (χ3v) is 5.89. The first-order valence-electron chi connectivity index (χ1n) is 12.6. The summed E-state index contributed by atoms with van der Waals surface area (Å²) in [4.78, 5) is 43.5. The van der Waals surface area contributed by atoms with Crippen LogP contribution >= 0.6 is 23.2 Å². The maximum absolute atomic E-state index is 11.2. The smallest absolute Gasteiger partial charge is 0.0768 e. The molecular weight excluding hydrogens is 623 g/mol. The molecule has 6 nitrogen and oxygen atoms in total. The predicted octanol–water partition coefficient (Wildman–Crippen LogP) is 6.77. The van der Waals surface area contributed by atoms with Crippen molar-refractivity contribution >= 4 is 46.3 Å². The maximum Gasteiger partial charge on any atom is 0.0768 e. The Bertz CT molecular complexity index is 1360. The quantitative estimate of drug-likeness (QED) is 0.0983. The summed E-state index contributed by atoms with van der Waals surface area (Å²) in [7, 11) is 0. The summed E-state index contributed by atoms with van der Waals surface area (Å²) in [6.45, 7) is 6.34. The van der Waals surface area contributed by atoms with Gasteiger partial charge in [0.25, 0.3) is 0 Å². The Kier molecular flexibility index (Phi) is 19.1. The van der Waals surface area contributed by atoms with Crippen LogP contribution in [0.15, 0.2) is 97.1 Å². The molecule has 0 radical (unpaired) electrons. The number of Topliss-reactive ketones (excluding diaryl/α,β-unsaturated/α-hetero) is 4. The van der Waals surface area contributed by atoms with Gasteiger partial charge in [0.2, 0.25) is 0 Å². The molecular formula is C34H30Cl2O6Ti-4. The molecule has 0 aliphatic carbocycles. The Hall–Kier alpha value is -3.81. The molecule has 0 aliphatic heterocycles. The first-order chi connectivity index (χ1) is 19.8. The van der Waals surface area contributed by atoms with E-state index in [1.54, 1.807) is 60.7 Å². The van der Waals surface area contributed by atoms with Crippen LogP contribution in [-0.4, -0.2) is 23.1 Å². The predicted molar refractivity (Wildman–Crippen MR) is 163 cm³/mol. The van der Waals surface area contributed by atoms with Crippen LogP contribution in [0.2, 0.25) is 10.0 Å². The van der Waals surface area contributed by atoms with Crippen molar-refractivity contribution in [2.45, 2.75) is 27.7 Å². The minimum Gasteiger partial charge on any atom is -0.872 e. The van der Waals surface area contributed by atoms with E-state index in [9.17, 15) is 29.4 Å². The van der Waals surface area contributed by atoms with Gasteiger partial charge < -0.3 is 29.4 Å². The fraction of sp³-hybridized carbons (Fsp3) is 0.118. The van der Waals surface area contributed by atoms with Crippen LogP contribution in [0.25, 0.3) is 0 Å². The summed E-state index contributed by atoms with van der Waals surface area (Å²) in [5.41, 5.74) is 2.77. The van der Waals surface area contributed by atoms with E-state index in [0.717, 1.165) is 24.0 Å². The third kappa shape index (κ3) is 17.0. The molecule has 0 spiro atoms. The number of aryl methyl sites for hydroxylation is 2. The van der Waals surface area contributed by atoms with Gasteiger partial charge in [0.1, 0.15) is 0 Å². The van der Waals surface area contributed by atoms with Gasteiger partial charge in [-0.2, -0.15) is 0 Å². The Morgan fingerprint density at radius 1 is 0.558 bits per heavy atom. The third-order valence-electron chi connectivity index (χ3n) is 5.04. The molecule has 0 atom stereocenters. The summed E-state index contributed by atoms with van der Waals surface area (Å²) in [6.07, 6.45) is 2.19. The molecule has 43 heavy (non-hydrogen) atoms. The normalized spacial score (nSPS) is 9.07. The molecule has 0 aromatic heterocycles. The first-order valence-corrected chi connectivity index (χ1v) is 13.3. The van der Waals surface area contributed by atoms with Crippen molar-refractivity contribution in [3.05, 3.63) is 142 Å². The van der Waals surface area contributed by atoms with Crippen LogP contribution in [0.5, 0.6) is 11.5 Å². The van der Waals surface area contributed by atoms with Gasteiger partial charge in [0.15, 0.2) is 0 Å². The Balaban J connectivity index is 0.000000548. The van der Waals surface area contributed by atoms with Crippen molar-refractivity contribution in [3.63, 3.8) is 0 Å². The number of benzene rings is 4. The van der Waals surface area contributed by atoms with Gasteiger partial charge in [-0.3, -0.25) is 0 Å².